The van der Waals surface area contributed by atoms with E-state index in [1.54, 1.807) is 24.3 Å². The van der Waals surface area contributed by atoms with Crippen molar-refractivity contribution >= 4 is 17.7 Å². The zero-order chi connectivity index (χ0) is 16.3. The van der Waals surface area contributed by atoms with Crippen molar-refractivity contribution < 1.29 is 28.2 Å². The molecule has 3 nitrogen and oxygen atoms in total. The quantitative estimate of drug-likeness (QED) is 0.883. The molecule has 2 rings (SSSR count). The number of phenols is 1. The molecule has 22 heavy (non-hydrogen) atoms. The molecule has 0 spiro atoms. The third kappa shape index (κ3) is 4.17. The zero-order valence-corrected chi connectivity index (χ0v) is 11.9. The molecule has 0 aliphatic heterocycles. The Morgan fingerprint density at radius 2 is 1.64 bits per heavy atom. The molecule has 0 aromatic heterocycles. The lowest BCUT2D eigenvalue weighted by Gasteiger charge is -2.10. The van der Waals surface area contributed by atoms with Crippen LogP contribution in [0.15, 0.2) is 52.3 Å². The fraction of sp³-hybridized carbons (Fsp3) is 0.133. The van der Waals surface area contributed by atoms with Crippen LogP contribution in [0.5, 0.6) is 5.75 Å². The summed E-state index contributed by atoms with van der Waals surface area (Å²) < 4.78 is 38.2. The number of hydrogen-bond acceptors (Lipinski definition) is 3. The third-order valence-corrected chi connectivity index (χ3v) is 3.79. The highest BCUT2D eigenvalue weighted by Gasteiger charge is 2.34. The number of halogens is 3. The minimum Gasteiger partial charge on any atom is -0.507 e. The maximum absolute atomic E-state index is 12.7. The Labute approximate surface area is 128 Å². The van der Waals surface area contributed by atoms with E-state index in [2.05, 4.69) is 0 Å². The van der Waals surface area contributed by atoms with Gasteiger partial charge in [-0.3, -0.25) is 4.79 Å². The summed E-state index contributed by atoms with van der Waals surface area (Å²) >= 11 is 1.10. The average molecular weight is 328 g/mol. The number of carbonyl (C=O) groups is 1. The molecule has 0 saturated heterocycles. The van der Waals surface area contributed by atoms with Gasteiger partial charge in [-0.2, -0.15) is 13.2 Å². The van der Waals surface area contributed by atoms with E-state index in [-0.39, 0.29) is 6.42 Å². The van der Waals surface area contributed by atoms with Gasteiger partial charge in [0, 0.05) is 9.79 Å². The van der Waals surface area contributed by atoms with Crippen molar-refractivity contribution in [3.05, 3.63) is 53.6 Å². The molecule has 0 amide bonds. The molecule has 7 heteroatoms. The van der Waals surface area contributed by atoms with Crippen molar-refractivity contribution in [1.29, 1.82) is 0 Å². The van der Waals surface area contributed by atoms with E-state index in [9.17, 15) is 23.1 Å². The number of carboxylic acids is 1. The Morgan fingerprint density at radius 3 is 2.18 bits per heavy atom. The van der Waals surface area contributed by atoms with Gasteiger partial charge in [-0.25, -0.2) is 0 Å². The number of phenolic OH excluding ortho intramolecular Hbond substituents is 1. The summed E-state index contributed by atoms with van der Waals surface area (Å²) in [5.41, 5.74) is -0.474. The molecule has 0 radical (unpaired) electrons. The van der Waals surface area contributed by atoms with Gasteiger partial charge in [-0.05, 0) is 35.9 Å². The SMILES string of the molecule is O=C(O)Cc1ccc(Sc2ccc(O)c(C(F)(F)F)c2)cc1. The molecule has 0 fully saturated rings. The molecule has 116 valence electrons. The predicted molar refractivity (Wildman–Crippen MR) is 75.0 cm³/mol. The van der Waals surface area contributed by atoms with Crippen molar-refractivity contribution in [2.45, 2.75) is 22.4 Å². The number of benzene rings is 2. The van der Waals surface area contributed by atoms with Crippen LogP contribution < -0.4 is 0 Å². The minimum atomic E-state index is -4.62. The first kappa shape index (κ1) is 16.2. The fourth-order valence-electron chi connectivity index (χ4n) is 1.79. The van der Waals surface area contributed by atoms with Crippen LogP contribution in [0, 0.1) is 0 Å². The normalized spacial score (nSPS) is 11.4. The van der Waals surface area contributed by atoms with Crippen molar-refractivity contribution in [3.8, 4) is 5.75 Å². The van der Waals surface area contributed by atoms with Crippen LogP contribution in [0.4, 0.5) is 13.2 Å². The van der Waals surface area contributed by atoms with Crippen LogP contribution in [-0.2, 0) is 17.4 Å². The molecule has 0 aliphatic rings. The van der Waals surface area contributed by atoms with Gasteiger partial charge >= 0.3 is 12.1 Å². The maximum Gasteiger partial charge on any atom is 0.419 e. The molecule has 0 heterocycles. The van der Waals surface area contributed by atoms with Crippen LogP contribution in [0.25, 0.3) is 0 Å². The van der Waals surface area contributed by atoms with Gasteiger partial charge in [0.2, 0.25) is 0 Å². The molecule has 2 aromatic carbocycles. The van der Waals surface area contributed by atoms with Crippen LogP contribution in [0.1, 0.15) is 11.1 Å². The summed E-state index contributed by atoms with van der Waals surface area (Å²) in [5, 5.41) is 17.9. The fourth-order valence-corrected chi connectivity index (χ4v) is 2.65. The molecule has 0 bridgehead atoms. The Morgan fingerprint density at radius 1 is 1.05 bits per heavy atom. The third-order valence-electron chi connectivity index (χ3n) is 2.79. The largest absolute Gasteiger partial charge is 0.507 e. The Kier molecular flexibility index (Phi) is 4.65. The molecule has 0 aliphatic carbocycles. The van der Waals surface area contributed by atoms with Gasteiger partial charge in [-0.1, -0.05) is 23.9 Å². The Hall–Kier alpha value is -2.15. The van der Waals surface area contributed by atoms with E-state index in [1.165, 1.54) is 6.07 Å². The maximum atomic E-state index is 12.7. The summed E-state index contributed by atoms with van der Waals surface area (Å²) in [4.78, 5) is 11.6. The monoisotopic (exact) mass is 328 g/mol. The van der Waals surface area contributed by atoms with Crippen LogP contribution in [0.2, 0.25) is 0 Å². The smallest absolute Gasteiger partial charge is 0.419 e. The number of carboxylic acid groups (broad SMARTS) is 1. The van der Waals surface area contributed by atoms with Crippen molar-refractivity contribution in [2.75, 3.05) is 0 Å². The van der Waals surface area contributed by atoms with E-state index in [4.69, 9.17) is 5.11 Å². The van der Waals surface area contributed by atoms with Gasteiger partial charge in [0.1, 0.15) is 5.75 Å². The number of aliphatic carboxylic acids is 1. The van der Waals surface area contributed by atoms with E-state index < -0.39 is 23.5 Å². The van der Waals surface area contributed by atoms with Gasteiger partial charge in [-0.15, -0.1) is 0 Å². The zero-order valence-electron chi connectivity index (χ0n) is 11.1. The first-order valence-corrected chi connectivity index (χ1v) is 6.96. The molecular formula is C15H11F3O3S. The van der Waals surface area contributed by atoms with Crippen molar-refractivity contribution in [1.82, 2.24) is 0 Å². The molecule has 2 aromatic rings. The summed E-state index contributed by atoms with van der Waals surface area (Å²) in [6, 6.07) is 9.78. The lowest BCUT2D eigenvalue weighted by Crippen LogP contribution is -2.05. The predicted octanol–water partition coefficient (Wildman–Crippen LogP) is 4.19. The molecule has 2 N–H and O–H groups in total. The van der Waals surface area contributed by atoms with Gasteiger partial charge in [0.15, 0.2) is 0 Å². The molecule has 0 atom stereocenters. The Bertz CT molecular complexity index is 681. The average Bonchev–Trinajstić information content (AvgIpc) is 2.41. The second kappa shape index (κ2) is 6.31. The number of alkyl halides is 3. The number of rotatable bonds is 4. The molecular weight excluding hydrogens is 317 g/mol. The van der Waals surface area contributed by atoms with E-state index in [0.29, 0.717) is 15.4 Å². The number of hydrogen-bond donors (Lipinski definition) is 2. The van der Waals surface area contributed by atoms with Crippen LogP contribution in [0.3, 0.4) is 0 Å². The lowest BCUT2D eigenvalue weighted by atomic mass is 10.2. The van der Waals surface area contributed by atoms with Gasteiger partial charge < -0.3 is 10.2 Å². The lowest BCUT2D eigenvalue weighted by molar-refractivity contribution is -0.139. The highest BCUT2D eigenvalue weighted by Crippen LogP contribution is 2.39. The minimum absolute atomic E-state index is 0.109. The Balaban J connectivity index is 2.19. The second-order valence-electron chi connectivity index (χ2n) is 4.49. The van der Waals surface area contributed by atoms with Crippen molar-refractivity contribution in [3.63, 3.8) is 0 Å². The second-order valence-corrected chi connectivity index (χ2v) is 5.64. The highest BCUT2D eigenvalue weighted by atomic mass is 32.2. The summed E-state index contributed by atoms with van der Waals surface area (Å²) in [7, 11) is 0. The highest BCUT2D eigenvalue weighted by molar-refractivity contribution is 7.99. The molecule has 0 saturated carbocycles. The molecule has 0 unspecified atom stereocenters. The summed E-state index contributed by atoms with van der Waals surface area (Å²) in [6.07, 6.45) is -4.73. The van der Waals surface area contributed by atoms with E-state index in [0.717, 1.165) is 23.9 Å². The van der Waals surface area contributed by atoms with Gasteiger partial charge in [0.05, 0.1) is 12.0 Å². The van der Waals surface area contributed by atoms with E-state index >= 15 is 0 Å². The topological polar surface area (TPSA) is 57.5 Å². The summed E-state index contributed by atoms with van der Waals surface area (Å²) in [6.45, 7) is 0. The summed E-state index contributed by atoms with van der Waals surface area (Å²) in [5.74, 6) is -1.76. The first-order valence-electron chi connectivity index (χ1n) is 6.14. The number of aromatic hydroxyl groups is 1. The van der Waals surface area contributed by atoms with Crippen LogP contribution in [-0.4, -0.2) is 16.2 Å². The first-order chi connectivity index (χ1) is 10.3. The van der Waals surface area contributed by atoms with Gasteiger partial charge in [0.25, 0.3) is 0 Å². The van der Waals surface area contributed by atoms with Crippen LogP contribution >= 0.6 is 11.8 Å². The van der Waals surface area contributed by atoms with Crippen molar-refractivity contribution in [2.24, 2.45) is 0 Å². The van der Waals surface area contributed by atoms with E-state index in [1.807, 2.05) is 0 Å². The standard InChI is InChI=1S/C15H11F3O3S/c16-15(17,18)12-8-11(5-6-13(12)19)22-10-3-1-9(2-4-10)7-14(20)21/h1-6,8,19H,7H2,(H,20,21).